The molecule has 0 aromatic carbocycles. The molecule has 0 aliphatic carbocycles. The molecule has 0 radical (unpaired) electrons. The third-order valence-corrected chi connectivity index (χ3v) is 6.09. The number of nitrogens with zero attached hydrogens (tertiary/aromatic N) is 1. The lowest BCUT2D eigenvalue weighted by Gasteiger charge is -2.36. The van der Waals surface area contributed by atoms with Gasteiger partial charge in [-0.1, -0.05) is 13.1 Å². The fourth-order valence-electron chi connectivity index (χ4n) is 2.62. The molecule has 1 aliphatic rings. The number of H-pyrrole nitrogens is 1. The molecule has 1 aromatic heterocycles. The lowest BCUT2D eigenvalue weighted by molar-refractivity contribution is -0.0939. The number of aromatic nitrogens is 2. The fraction of sp³-hybridized carbons (Fsp3) is 0.636. The summed E-state index contributed by atoms with van der Waals surface area (Å²) in [7, 11) is -1.88. The Morgan fingerprint density at radius 3 is 2.55 bits per heavy atom. The third-order valence-electron chi connectivity index (χ3n) is 3.68. The molecular formula is C11H18N2O6Si. The molecule has 9 heteroatoms. The van der Waals surface area contributed by atoms with E-state index in [1.807, 2.05) is 13.1 Å². The Morgan fingerprint density at radius 2 is 2.10 bits per heavy atom. The minimum Gasteiger partial charge on any atom is -0.394 e. The summed E-state index contributed by atoms with van der Waals surface area (Å²) in [6.07, 6.45) is -2.38. The zero-order chi connectivity index (χ0) is 15.1. The molecule has 0 saturated carbocycles. The van der Waals surface area contributed by atoms with Crippen molar-refractivity contribution in [3.05, 3.63) is 33.1 Å². The van der Waals surface area contributed by atoms with Gasteiger partial charge >= 0.3 is 5.69 Å². The summed E-state index contributed by atoms with van der Waals surface area (Å²) in [5.41, 5.74) is -1.28. The Hall–Kier alpha value is -1.26. The normalized spacial score (nSPS) is 33.8. The van der Waals surface area contributed by atoms with Crippen molar-refractivity contribution in [3.8, 4) is 0 Å². The van der Waals surface area contributed by atoms with Crippen LogP contribution < -0.4 is 11.2 Å². The smallest absolute Gasteiger partial charge is 0.330 e. The van der Waals surface area contributed by atoms with Crippen molar-refractivity contribution >= 4 is 8.80 Å². The van der Waals surface area contributed by atoms with Gasteiger partial charge in [0.2, 0.25) is 0 Å². The van der Waals surface area contributed by atoms with Gasteiger partial charge in [-0.05, 0) is 0 Å². The van der Waals surface area contributed by atoms with Gasteiger partial charge in [0.25, 0.3) is 5.56 Å². The van der Waals surface area contributed by atoms with E-state index in [-0.39, 0.29) is 0 Å². The largest absolute Gasteiger partial charge is 0.394 e. The highest BCUT2D eigenvalue weighted by molar-refractivity contribution is 6.58. The number of rotatable bonds is 3. The van der Waals surface area contributed by atoms with Gasteiger partial charge in [0.05, 0.1) is 15.4 Å². The summed E-state index contributed by atoms with van der Waals surface area (Å²) in [5, 5.41) is 28.1. The maximum Gasteiger partial charge on any atom is 0.330 e. The fourth-order valence-corrected chi connectivity index (χ4v) is 4.71. The molecular weight excluding hydrogens is 284 g/mol. The minimum absolute atomic E-state index is 0.473. The highest BCUT2D eigenvalue weighted by Crippen LogP contribution is 2.36. The van der Waals surface area contributed by atoms with Gasteiger partial charge in [-0.2, -0.15) is 0 Å². The number of hydrogen-bond acceptors (Lipinski definition) is 6. The van der Waals surface area contributed by atoms with Crippen LogP contribution >= 0.6 is 0 Å². The molecule has 1 saturated heterocycles. The standard InChI is InChI=1S/C11H18N2O6Si/c1-20(2)11(9(17)8(16)6(5-14)19-11)13-4-3-7(15)12-10(13)18/h3-4,6,8-9,14,16-17,20H,5H2,1-2H3,(H,12,15,18)/t6-,8-,9-,11+/m1/s1. The van der Waals surface area contributed by atoms with Crippen LogP contribution in [0.3, 0.4) is 0 Å². The van der Waals surface area contributed by atoms with Crippen LogP contribution in [0.1, 0.15) is 0 Å². The van der Waals surface area contributed by atoms with Gasteiger partial charge in [-0.15, -0.1) is 0 Å². The predicted molar refractivity (Wildman–Crippen MR) is 72.1 cm³/mol. The molecule has 1 aliphatic heterocycles. The molecule has 0 amide bonds. The van der Waals surface area contributed by atoms with Crippen LogP contribution in [0, 0.1) is 0 Å². The first-order valence-electron chi connectivity index (χ1n) is 6.32. The monoisotopic (exact) mass is 302 g/mol. The van der Waals surface area contributed by atoms with Crippen molar-refractivity contribution in [2.24, 2.45) is 0 Å². The molecule has 2 rings (SSSR count). The summed E-state index contributed by atoms with van der Waals surface area (Å²) < 4.78 is 6.75. The summed E-state index contributed by atoms with van der Waals surface area (Å²) in [6.45, 7) is 3.21. The van der Waals surface area contributed by atoms with Crippen molar-refractivity contribution in [2.75, 3.05) is 6.61 Å². The molecule has 0 spiro atoms. The predicted octanol–water partition coefficient (Wildman–Crippen LogP) is -2.67. The number of hydrogen-bond donors (Lipinski definition) is 4. The van der Waals surface area contributed by atoms with E-state index in [0.717, 1.165) is 10.6 Å². The van der Waals surface area contributed by atoms with Gasteiger partial charge < -0.3 is 20.1 Å². The topological polar surface area (TPSA) is 125 Å². The average molecular weight is 302 g/mol. The van der Waals surface area contributed by atoms with Crippen molar-refractivity contribution < 1.29 is 20.1 Å². The van der Waals surface area contributed by atoms with Crippen LogP contribution in [-0.4, -0.2) is 58.6 Å². The van der Waals surface area contributed by atoms with E-state index in [1.165, 1.54) is 6.20 Å². The maximum atomic E-state index is 12.0. The summed E-state index contributed by atoms with van der Waals surface area (Å²) >= 11 is 0. The highest BCUT2D eigenvalue weighted by Gasteiger charge is 2.57. The number of aromatic amines is 1. The molecule has 8 nitrogen and oxygen atoms in total. The second-order valence-electron chi connectivity index (χ2n) is 5.16. The first-order chi connectivity index (χ1) is 9.34. The maximum absolute atomic E-state index is 12.0. The first-order valence-corrected chi connectivity index (χ1v) is 9.20. The van der Waals surface area contributed by atoms with E-state index in [1.54, 1.807) is 0 Å². The first kappa shape index (κ1) is 15.1. The van der Waals surface area contributed by atoms with Gasteiger partial charge in [-0.25, -0.2) is 4.79 Å². The van der Waals surface area contributed by atoms with E-state index in [9.17, 15) is 24.9 Å². The number of nitrogens with one attached hydrogen (secondary N) is 1. The van der Waals surface area contributed by atoms with Crippen LogP contribution in [-0.2, 0) is 10.1 Å². The summed E-state index contributed by atoms with van der Waals surface area (Å²) in [4.78, 5) is 25.2. The Kier molecular flexibility index (Phi) is 3.98. The molecule has 4 N–H and O–H groups in total. The lowest BCUT2D eigenvalue weighted by atomic mass is 10.1. The molecule has 20 heavy (non-hydrogen) atoms. The van der Waals surface area contributed by atoms with E-state index in [2.05, 4.69) is 4.98 Å². The van der Waals surface area contributed by atoms with Crippen molar-refractivity contribution in [1.29, 1.82) is 0 Å². The van der Waals surface area contributed by atoms with Gasteiger partial charge in [0.1, 0.15) is 18.3 Å². The molecule has 0 bridgehead atoms. The van der Waals surface area contributed by atoms with Crippen LogP contribution in [0.4, 0.5) is 0 Å². The Bertz CT molecular complexity index is 599. The third kappa shape index (κ3) is 2.07. The summed E-state index contributed by atoms with van der Waals surface area (Å²) in [6, 6.07) is 1.15. The van der Waals surface area contributed by atoms with Crippen LogP contribution in [0.25, 0.3) is 0 Å². The minimum atomic E-state index is -1.88. The Labute approximate surface area is 115 Å². The van der Waals surface area contributed by atoms with E-state index in [0.29, 0.717) is 0 Å². The van der Waals surface area contributed by atoms with Crippen molar-refractivity contribution in [1.82, 2.24) is 9.55 Å². The lowest BCUT2D eigenvalue weighted by Crippen LogP contribution is -2.58. The van der Waals surface area contributed by atoms with Crippen LogP contribution in [0.15, 0.2) is 21.9 Å². The van der Waals surface area contributed by atoms with Gasteiger partial charge in [-0.3, -0.25) is 14.3 Å². The number of ether oxygens (including phenoxy) is 1. The van der Waals surface area contributed by atoms with E-state index < -0.39 is 50.3 Å². The SMILES string of the molecule is C[SiH](C)[C@@]1(n2ccc(=O)[nH]c2=O)O[C@H](CO)[C@@H](O)[C@H]1O. The zero-order valence-corrected chi connectivity index (χ0v) is 12.3. The number of aliphatic hydroxyl groups is 3. The number of aliphatic hydroxyl groups excluding tert-OH is 3. The molecule has 2 heterocycles. The molecule has 1 fully saturated rings. The van der Waals surface area contributed by atoms with Crippen LogP contribution in [0.2, 0.25) is 13.1 Å². The zero-order valence-electron chi connectivity index (χ0n) is 11.2. The average Bonchev–Trinajstić information content (AvgIpc) is 2.64. The molecule has 112 valence electrons. The highest BCUT2D eigenvalue weighted by atomic mass is 28.3. The van der Waals surface area contributed by atoms with Crippen molar-refractivity contribution in [2.45, 2.75) is 36.8 Å². The molecule has 0 unspecified atom stereocenters. The van der Waals surface area contributed by atoms with E-state index >= 15 is 0 Å². The Balaban J connectivity index is 2.62. The summed E-state index contributed by atoms with van der Waals surface area (Å²) in [5.74, 6) is 0. The second kappa shape index (κ2) is 5.26. The quantitative estimate of drug-likeness (QED) is 0.451. The molecule has 1 aromatic rings. The molecule has 4 atom stereocenters. The van der Waals surface area contributed by atoms with Crippen LogP contribution in [0.5, 0.6) is 0 Å². The van der Waals surface area contributed by atoms with Crippen molar-refractivity contribution in [3.63, 3.8) is 0 Å². The second-order valence-corrected chi connectivity index (χ2v) is 8.30. The Morgan fingerprint density at radius 1 is 1.45 bits per heavy atom. The van der Waals surface area contributed by atoms with Gasteiger partial charge in [0.15, 0.2) is 5.35 Å². The van der Waals surface area contributed by atoms with Gasteiger partial charge in [0, 0.05) is 12.3 Å². The van der Waals surface area contributed by atoms with E-state index in [4.69, 9.17) is 4.74 Å².